The Hall–Kier alpha value is -3.27. The van der Waals surface area contributed by atoms with Crippen molar-refractivity contribution in [2.24, 2.45) is 0 Å². The van der Waals surface area contributed by atoms with Gasteiger partial charge in [-0.3, -0.25) is 9.69 Å². The molecule has 1 saturated heterocycles. The van der Waals surface area contributed by atoms with Gasteiger partial charge in [0, 0.05) is 18.7 Å². The van der Waals surface area contributed by atoms with Gasteiger partial charge in [-0.1, -0.05) is 54.2 Å². The molecule has 1 aliphatic heterocycles. The molecule has 0 aliphatic carbocycles. The number of nitrogens with zero attached hydrogens (tertiary/aromatic N) is 3. The Kier molecular flexibility index (Phi) is 7.28. The lowest BCUT2D eigenvalue weighted by atomic mass is 10.1. The van der Waals surface area contributed by atoms with Crippen LogP contribution in [0.3, 0.4) is 0 Å². The van der Waals surface area contributed by atoms with Crippen LogP contribution in [0.15, 0.2) is 71.6 Å². The number of sulfonamides is 1. The van der Waals surface area contributed by atoms with Crippen LogP contribution in [-0.4, -0.2) is 43.8 Å². The van der Waals surface area contributed by atoms with Crippen LogP contribution < -0.4 is 9.64 Å². The minimum atomic E-state index is -3.57. The number of rotatable bonds is 7. The van der Waals surface area contributed by atoms with Crippen molar-refractivity contribution in [3.63, 3.8) is 0 Å². The van der Waals surface area contributed by atoms with E-state index in [1.54, 1.807) is 24.1 Å². The van der Waals surface area contributed by atoms with Gasteiger partial charge in [-0.25, -0.2) is 13.4 Å². The fraction of sp³-hybridized carbons (Fsp3) is 0.286. The van der Waals surface area contributed by atoms with Crippen LogP contribution in [-0.2, 0) is 16.6 Å². The lowest BCUT2D eigenvalue weighted by Gasteiger charge is -2.26. The lowest BCUT2D eigenvalue weighted by Crippen LogP contribution is -2.35. The Balaban J connectivity index is 1.50. The molecule has 5 rings (SSSR count). The van der Waals surface area contributed by atoms with Crippen LogP contribution in [0.4, 0.5) is 5.13 Å². The molecule has 0 radical (unpaired) electrons. The Labute approximate surface area is 221 Å². The summed E-state index contributed by atoms with van der Waals surface area (Å²) < 4.78 is 34.1. The smallest absolute Gasteiger partial charge is 0.260 e. The van der Waals surface area contributed by atoms with Crippen LogP contribution in [0.5, 0.6) is 5.75 Å². The van der Waals surface area contributed by atoms with E-state index in [4.69, 9.17) is 9.72 Å². The summed E-state index contributed by atoms with van der Waals surface area (Å²) in [7, 11) is -1.96. The van der Waals surface area contributed by atoms with E-state index in [2.05, 4.69) is 0 Å². The van der Waals surface area contributed by atoms with Crippen molar-refractivity contribution in [1.29, 1.82) is 0 Å². The van der Waals surface area contributed by atoms with Gasteiger partial charge >= 0.3 is 0 Å². The van der Waals surface area contributed by atoms with Crippen molar-refractivity contribution in [1.82, 2.24) is 9.29 Å². The molecule has 7 nitrogen and oxygen atoms in total. The highest BCUT2D eigenvalue weighted by molar-refractivity contribution is 7.89. The zero-order valence-electron chi connectivity index (χ0n) is 20.9. The molecule has 0 N–H and O–H groups in total. The lowest BCUT2D eigenvalue weighted by molar-refractivity contribution is 0.0985. The molecule has 4 aromatic rings. The maximum Gasteiger partial charge on any atom is 0.260 e. The van der Waals surface area contributed by atoms with Gasteiger partial charge in [0.25, 0.3) is 5.91 Å². The number of anilines is 1. The van der Waals surface area contributed by atoms with Gasteiger partial charge in [0.05, 0.1) is 23.2 Å². The van der Waals surface area contributed by atoms with E-state index >= 15 is 0 Å². The van der Waals surface area contributed by atoms with E-state index in [1.807, 2.05) is 49.4 Å². The molecule has 37 heavy (non-hydrogen) atoms. The molecular weight excluding hydrogens is 506 g/mol. The number of amides is 1. The Bertz CT molecular complexity index is 1510. The van der Waals surface area contributed by atoms with E-state index < -0.39 is 10.0 Å². The molecule has 1 fully saturated rings. The summed E-state index contributed by atoms with van der Waals surface area (Å²) in [6, 6.07) is 19.8. The first kappa shape index (κ1) is 25.4. The average Bonchev–Trinajstić information content (AvgIpc) is 3.39. The van der Waals surface area contributed by atoms with Crippen LogP contribution in [0.2, 0.25) is 0 Å². The van der Waals surface area contributed by atoms with Gasteiger partial charge < -0.3 is 4.74 Å². The second-order valence-electron chi connectivity index (χ2n) is 9.12. The SMILES string of the molecule is COc1ccc(C)c2sc(N(Cc3ccccc3)C(=O)c3ccc(S(=O)(=O)N4CCCCC4)cc3)nc12. The summed E-state index contributed by atoms with van der Waals surface area (Å²) in [5.74, 6) is 0.406. The number of carbonyl (C=O) groups excluding carboxylic acids is 1. The van der Waals surface area contributed by atoms with E-state index in [-0.39, 0.29) is 10.8 Å². The monoisotopic (exact) mass is 535 g/mol. The largest absolute Gasteiger partial charge is 0.494 e. The maximum absolute atomic E-state index is 13.8. The molecular formula is C28H29N3O4S2. The Morgan fingerprint density at radius 2 is 1.70 bits per heavy atom. The number of piperidine rings is 1. The molecule has 3 aromatic carbocycles. The van der Waals surface area contributed by atoms with Crippen molar-refractivity contribution in [3.05, 3.63) is 83.4 Å². The molecule has 0 spiro atoms. The second-order valence-corrected chi connectivity index (χ2v) is 12.0. The van der Waals surface area contributed by atoms with Gasteiger partial charge in [-0.15, -0.1) is 0 Å². The number of carbonyl (C=O) groups is 1. The van der Waals surface area contributed by atoms with E-state index in [0.717, 1.165) is 40.6 Å². The van der Waals surface area contributed by atoms with E-state index in [0.29, 0.717) is 36.1 Å². The third-order valence-corrected chi connectivity index (χ3v) is 9.75. The number of hydrogen-bond donors (Lipinski definition) is 0. The zero-order valence-corrected chi connectivity index (χ0v) is 22.5. The summed E-state index contributed by atoms with van der Waals surface area (Å²) in [5, 5.41) is 0.557. The third kappa shape index (κ3) is 5.12. The van der Waals surface area contributed by atoms with Crippen LogP contribution >= 0.6 is 11.3 Å². The second kappa shape index (κ2) is 10.6. The number of hydrogen-bond acceptors (Lipinski definition) is 6. The number of aromatic nitrogens is 1. The van der Waals surface area contributed by atoms with Gasteiger partial charge in [0.1, 0.15) is 11.3 Å². The number of aryl methyl sites for hydroxylation is 1. The summed E-state index contributed by atoms with van der Waals surface area (Å²) in [6.07, 6.45) is 2.79. The normalized spacial score (nSPS) is 14.5. The number of ether oxygens (including phenoxy) is 1. The number of thiazole rings is 1. The first-order chi connectivity index (χ1) is 17.9. The zero-order chi connectivity index (χ0) is 26.0. The van der Waals surface area contributed by atoms with Crippen molar-refractivity contribution in [2.45, 2.75) is 37.6 Å². The van der Waals surface area contributed by atoms with Crippen LogP contribution in [0, 0.1) is 6.92 Å². The van der Waals surface area contributed by atoms with Crippen LogP contribution in [0.25, 0.3) is 10.2 Å². The van der Waals surface area contributed by atoms with Gasteiger partial charge in [0.15, 0.2) is 5.13 Å². The van der Waals surface area contributed by atoms with Gasteiger partial charge in [-0.05, 0) is 61.2 Å². The molecule has 1 aromatic heterocycles. The third-order valence-electron chi connectivity index (χ3n) is 6.63. The van der Waals surface area contributed by atoms with Crippen molar-refractivity contribution < 1.29 is 17.9 Å². The standard InChI is InChI=1S/C28H29N3O4S2/c1-20-11-16-24(35-2)25-26(20)36-28(29-25)31(19-21-9-5-3-6-10-21)27(32)22-12-14-23(15-13-22)37(33,34)30-17-7-4-8-18-30/h3,5-6,9-16H,4,7-8,17-19H2,1-2H3. The van der Waals surface area contributed by atoms with Crippen molar-refractivity contribution in [3.8, 4) is 5.75 Å². The Morgan fingerprint density at radius 1 is 1.00 bits per heavy atom. The summed E-state index contributed by atoms with van der Waals surface area (Å²) in [6.45, 7) is 3.41. The molecule has 192 valence electrons. The predicted molar refractivity (Wildman–Crippen MR) is 147 cm³/mol. The average molecular weight is 536 g/mol. The molecule has 2 heterocycles. The number of benzene rings is 3. The minimum Gasteiger partial charge on any atom is -0.494 e. The fourth-order valence-electron chi connectivity index (χ4n) is 4.55. The van der Waals surface area contributed by atoms with E-state index in [9.17, 15) is 13.2 Å². The van der Waals surface area contributed by atoms with Crippen molar-refractivity contribution >= 4 is 42.6 Å². The topological polar surface area (TPSA) is 79.8 Å². The van der Waals surface area contributed by atoms with Crippen LogP contribution in [0.1, 0.15) is 40.7 Å². The molecule has 0 unspecified atom stereocenters. The quantitative estimate of drug-likeness (QED) is 0.306. The molecule has 1 aliphatic rings. The van der Waals surface area contributed by atoms with Crippen molar-refractivity contribution in [2.75, 3.05) is 25.1 Å². The van der Waals surface area contributed by atoms with E-state index in [1.165, 1.54) is 27.8 Å². The summed E-state index contributed by atoms with van der Waals surface area (Å²) in [4.78, 5) is 20.5. The molecule has 0 atom stereocenters. The number of fused-ring (bicyclic) bond motifs is 1. The number of methoxy groups -OCH3 is 1. The highest BCUT2D eigenvalue weighted by Gasteiger charge is 2.27. The predicted octanol–water partition coefficient (Wildman–Crippen LogP) is 5.63. The molecule has 0 saturated carbocycles. The first-order valence-corrected chi connectivity index (χ1v) is 14.5. The fourth-order valence-corrected chi connectivity index (χ4v) is 7.12. The molecule has 9 heteroatoms. The summed E-state index contributed by atoms with van der Waals surface area (Å²) in [5.41, 5.74) is 3.13. The first-order valence-electron chi connectivity index (χ1n) is 12.3. The molecule has 0 bridgehead atoms. The van der Waals surface area contributed by atoms with Gasteiger partial charge in [0.2, 0.25) is 10.0 Å². The Morgan fingerprint density at radius 3 is 2.38 bits per heavy atom. The maximum atomic E-state index is 13.8. The summed E-state index contributed by atoms with van der Waals surface area (Å²) >= 11 is 1.44. The highest BCUT2D eigenvalue weighted by Crippen LogP contribution is 2.37. The highest BCUT2D eigenvalue weighted by atomic mass is 32.2. The minimum absolute atomic E-state index is 0.209. The van der Waals surface area contributed by atoms with Gasteiger partial charge in [-0.2, -0.15) is 4.31 Å². The molecule has 1 amide bonds.